The van der Waals surface area contributed by atoms with Crippen LogP contribution in [0, 0.1) is 0 Å². The largest absolute Gasteiger partial charge is 0.325 e. The van der Waals surface area contributed by atoms with Gasteiger partial charge < -0.3 is 9.32 Å². The Bertz CT molecular complexity index is 226. The van der Waals surface area contributed by atoms with Gasteiger partial charge in [0.15, 0.2) is 16.5 Å². The lowest BCUT2D eigenvalue weighted by molar-refractivity contribution is 1.51. The average Bonchev–Trinajstić information content (AvgIpc) is 1.78. The predicted octanol–water partition coefficient (Wildman–Crippen LogP) is 3.58. The van der Waals surface area contributed by atoms with Crippen molar-refractivity contribution in [3.05, 3.63) is 0 Å². The van der Waals surface area contributed by atoms with Crippen molar-refractivity contribution in [1.82, 2.24) is 0 Å². The molecule has 0 radical (unpaired) electrons. The SMILES string of the molecule is CC(=N[Si](C)(C)C)C(C)=N[Si](C)(C)C. The highest BCUT2D eigenvalue weighted by Crippen LogP contribution is 2.06. The third-order valence-electron chi connectivity index (χ3n) is 1.53. The second-order valence-electron chi connectivity index (χ2n) is 5.74. The van der Waals surface area contributed by atoms with Crippen LogP contribution in [0.4, 0.5) is 0 Å². The summed E-state index contributed by atoms with van der Waals surface area (Å²) < 4.78 is 9.48. The van der Waals surface area contributed by atoms with Gasteiger partial charge in [0.1, 0.15) is 0 Å². The molecule has 0 unspecified atom stereocenters. The van der Waals surface area contributed by atoms with E-state index in [0.717, 1.165) is 11.4 Å². The van der Waals surface area contributed by atoms with Crippen LogP contribution in [0.3, 0.4) is 0 Å². The first-order valence-corrected chi connectivity index (χ1v) is 12.0. The predicted molar refractivity (Wildman–Crippen MR) is 72.9 cm³/mol. The Morgan fingerprint density at radius 2 is 0.857 bits per heavy atom. The van der Waals surface area contributed by atoms with Gasteiger partial charge in [-0.1, -0.05) is 0 Å². The van der Waals surface area contributed by atoms with Crippen LogP contribution in [0.1, 0.15) is 13.8 Å². The normalized spacial score (nSPS) is 16.0. The third kappa shape index (κ3) is 7.20. The second-order valence-corrected chi connectivity index (χ2v) is 14.9. The molecule has 0 aromatic heterocycles. The smallest absolute Gasteiger partial charge is 0.172 e. The summed E-state index contributed by atoms with van der Waals surface area (Å²) in [6.07, 6.45) is 0. The quantitative estimate of drug-likeness (QED) is 0.521. The first-order valence-electron chi connectivity index (χ1n) is 5.14. The summed E-state index contributed by atoms with van der Waals surface area (Å²) in [6.45, 7) is 17.7. The molecule has 0 atom stereocenters. The van der Waals surface area contributed by atoms with Crippen molar-refractivity contribution in [3.8, 4) is 0 Å². The zero-order chi connectivity index (χ0) is 11.6. The van der Waals surface area contributed by atoms with E-state index in [1.807, 2.05) is 0 Å². The molecule has 2 nitrogen and oxygen atoms in total. The highest BCUT2D eigenvalue weighted by Gasteiger charge is 2.15. The van der Waals surface area contributed by atoms with Crippen molar-refractivity contribution in [1.29, 1.82) is 0 Å². The molecule has 0 saturated carbocycles. The number of hydrogen-bond donors (Lipinski definition) is 0. The summed E-state index contributed by atoms with van der Waals surface area (Å²) >= 11 is 0. The summed E-state index contributed by atoms with van der Waals surface area (Å²) in [4.78, 5) is 0. The Hall–Kier alpha value is -0.226. The maximum absolute atomic E-state index is 4.74. The van der Waals surface area contributed by atoms with E-state index in [4.69, 9.17) is 9.32 Å². The minimum atomic E-state index is -1.34. The van der Waals surface area contributed by atoms with E-state index >= 15 is 0 Å². The van der Waals surface area contributed by atoms with Gasteiger partial charge >= 0.3 is 0 Å². The molecule has 14 heavy (non-hydrogen) atoms. The minimum Gasteiger partial charge on any atom is -0.325 e. The Labute approximate surface area is 90.7 Å². The van der Waals surface area contributed by atoms with Gasteiger partial charge in [-0.3, -0.25) is 0 Å². The molecule has 0 saturated heterocycles. The van der Waals surface area contributed by atoms with Crippen molar-refractivity contribution >= 4 is 27.9 Å². The van der Waals surface area contributed by atoms with Crippen LogP contribution in [-0.4, -0.2) is 27.9 Å². The molecule has 0 aromatic carbocycles. The van der Waals surface area contributed by atoms with Gasteiger partial charge in [0.05, 0.1) is 0 Å². The van der Waals surface area contributed by atoms with E-state index in [1.54, 1.807) is 0 Å². The number of rotatable bonds is 3. The van der Waals surface area contributed by atoms with Crippen LogP contribution in [0.5, 0.6) is 0 Å². The van der Waals surface area contributed by atoms with Crippen molar-refractivity contribution in [2.45, 2.75) is 53.1 Å². The zero-order valence-electron chi connectivity index (χ0n) is 10.9. The molecule has 0 heterocycles. The molecule has 0 aliphatic heterocycles. The maximum atomic E-state index is 4.74. The topological polar surface area (TPSA) is 24.7 Å². The molecule has 4 heteroatoms. The van der Waals surface area contributed by atoms with Gasteiger partial charge in [-0.25, -0.2) is 0 Å². The zero-order valence-corrected chi connectivity index (χ0v) is 12.9. The fourth-order valence-corrected chi connectivity index (χ4v) is 3.50. The fraction of sp³-hybridized carbons (Fsp3) is 0.800. The van der Waals surface area contributed by atoms with Crippen LogP contribution in [0.2, 0.25) is 39.3 Å². The van der Waals surface area contributed by atoms with Crippen molar-refractivity contribution in [3.63, 3.8) is 0 Å². The molecule has 0 spiro atoms. The minimum absolute atomic E-state index is 1.13. The lowest BCUT2D eigenvalue weighted by Crippen LogP contribution is -2.25. The Morgan fingerprint density at radius 1 is 0.643 bits per heavy atom. The molecule has 0 aliphatic carbocycles. The summed E-state index contributed by atoms with van der Waals surface area (Å²) in [5.74, 6) is 0. The maximum Gasteiger partial charge on any atom is 0.172 e. The summed E-state index contributed by atoms with van der Waals surface area (Å²) in [6, 6.07) is 0. The van der Waals surface area contributed by atoms with E-state index in [1.165, 1.54) is 0 Å². The number of hydrogen-bond acceptors (Lipinski definition) is 2. The molecule has 0 bridgehead atoms. The molecular formula is C10H24N2Si2. The van der Waals surface area contributed by atoms with Crippen molar-refractivity contribution in [2.75, 3.05) is 0 Å². The first-order chi connectivity index (χ1) is 6.01. The van der Waals surface area contributed by atoms with Crippen LogP contribution in [-0.2, 0) is 0 Å². The molecule has 0 fully saturated rings. The fourth-order valence-electron chi connectivity index (χ4n) is 1.17. The van der Waals surface area contributed by atoms with Crippen molar-refractivity contribution in [2.24, 2.45) is 9.32 Å². The average molecular weight is 228 g/mol. The van der Waals surface area contributed by atoms with Crippen LogP contribution >= 0.6 is 0 Å². The Morgan fingerprint density at radius 3 is 1.00 bits per heavy atom. The summed E-state index contributed by atoms with van der Waals surface area (Å²) in [5, 5.41) is 0. The van der Waals surface area contributed by atoms with Crippen LogP contribution in [0.25, 0.3) is 0 Å². The molecule has 0 rings (SSSR count). The van der Waals surface area contributed by atoms with Gasteiger partial charge in [-0.2, -0.15) is 0 Å². The van der Waals surface area contributed by atoms with Crippen molar-refractivity contribution < 1.29 is 0 Å². The molecule has 0 aliphatic rings. The highest BCUT2D eigenvalue weighted by atomic mass is 28.3. The van der Waals surface area contributed by atoms with E-state index in [-0.39, 0.29) is 0 Å². The van der Waals surface area contributed by atoms with Gasteiger partial charge in [0.25, 0.3) is 0 Å². The lowest BCUT2D eigenvalue weighted by Gasteiger charge is -2.15. The van der Waals surface area contributed by atoms with Gasteiger partial charge in [0.2, 0.25) is 0 Å². The number of nitrogens with zero attached hydrogens (tertiary/aromatic N) is 2. The Kier molecular flexibility index (Phi) is 4.46. The second kappa shape index (κ2) is 4.53. The standard InChI is InChI=1S/C10H24N2Si2/c1-9(11-13(3,4)5)10(2)12-14(6,7)8/h1-8H3. The van der Waals surface area contributed by atoms with E-state index in [9.17, 15) is 0 Å². The van der Waals surface area contributed by atoms with E-state index in [0.29, 0.717) is 0 Å². The molecule has 82 valence electrons. The van der Waals surface area contributed by atoms with Gasteiger partial charge in [-0.05, 0) is 53.1 Å². The molecular weight excluding hydrogens is 204 g/mol. The highest BCUT2D eigenvalue weighted by molar-refractivity contribution is 6.79. The third-order valence-corrected chi connectivity index (χ3v) is 3.54. The van der Waals surface area contributed by atoms with Crippen LogP contribution < -0.4 is 0 Å². The molecule has 0 aromatic rings. The molecule has 0 N–H and O–H groups in total. The van der Waals surface area contributed by atoms with E-state index < -0.39 is 16.5 Å². The van der Waals surface area contributed by atoms with Gasteiger partial charge in [-0.15, -0.1) is 0 Å². The van der Waals surface area contributed by atoms with Gasteiger partial charge in [0, 0.05) is 11.4 Å². The monoisotopic (exact) mass is 228 g/mol. The molecule has 0 amide bonds. The Balaban J connectivity index is 4.81. The lowest BCUT2D eigenvalue weighted by atomic mass is 10.3. The van der Waals surface area contributed by atoms with Crippen LogP contribution in [0.15, 0.2) is 9.32 Å². The first kappa shape index (κ1) is 13.8. The summed E-state index contributed by atoms with van der Waals surface area (Å²) in [7, 11) is -2.67. The summed E-state index contributed by atoms with van der Waals surface area (Å²) in [5.41, 5.74) is 2.26. The van der Waals surface area contributed by atoms with E-state index in [2.05, 4.69) is 53.1 Å².